The van der Waals surface area contributed by atoms with Gasteiger partial charge in [0.1, 0.15) is 0 Å². The highest BCUT2D eigenvalue weighted by atomic mass is 16.5. The monoisotopic (exact) mass is 170 g/mol. The standard InChI is InChI=1S/C7H10N2O3/c1-12-3-2-9-4-6(7(10)11)8-5-9/h4-5H,2-3H2,1H3,(H,10,11). The Kier molecular flexibility index (Phi) is 2.82. The zero-order valence-electron chi connectivity index (χ0n) is 6.73. The number of aromatic nitrogens is 2. The average Bonchev–Trinajstić information content (AvgIpc) is 2.48. The number of carbonyl (C=O) groups is 1. The minimum atomic E-state index is -1.01. The minimum absolute atomic E-state index is 0.0612. The molecule has 0 fully saturated rings. The lowest BCUT2D eigenvalue weighted by Crippen LogP contribution is -2.01. The van der Waals surface area contributed by atoms with Crippen molar-refractivity contribution in [3.8, 4) is 0 Å². The summed E-state index contributed by atoms with van der Waals surface area (Å²) in [6, 6.07) is 0. The molecule has 1 aromatic rings. The molecule has 0 aliphatic carbocycles. The van der Waals surface area contributed by atoms with Crippen LogP contribution in [0.5, 0.6) is 0 Å². The normalized spacial score (nSPS) is 10.1. The first-order valence-corrected chi connectivity index (χ1v) is 3.48. The van der Waals surface area contributed by atoms with E-state index in [0.717, 1.165) is 0 Å². The molecule has 1 rings (SSSR count). The molecule has 66 valence electrons. The Balaban J connectivity index is 2.58. The lowest BCUT2D eigenvalue weighted by atomic mass is 10.5. The lowest BCUT2D eigenvalue weighted by molar-refractivity contribution is 0.0691. The largest absolute Gasteiger partial charge is 0.476 e. The predicted octanol–water partition coefficient (Wildman–Crippen LogP) is 0.228. The fourth-order valence-electron chi connectivity index (χ4n) is 0.790. The summed E-state index contributed by atoms with van der Waals surface area (Å²) in [5, 5.41) is 8.52. The van der Waals surface area contributed by atoms with Gasteiger partial charge in [0, 0.05) is 19.9 Å². The number of aromatic carboxylic acids is 1. The van der Waals surface area contributed by atoms with E-state index in [9.17, 15) is 4.79 Å². The van der Waals surface area contributed by atoms with Crippen molar-refractivity contribution in [3.05, 3.63) is 18.2 Å². The molecule has 1 N–H and O–H groups in total. The van der Waals surface area contributed by atoms with E-state index in [0.29, 0.717) is 13.2 Å². The van der Waals surface area contributed by atoms with E-state index in [2.05, 4.69) is 4.98 Å². The fraction of sp³-hybridized carbons (Fsp3) is 0.429. The van der Waals surface area contributed by atoms with Crippen molar-refractivity contribution >= 4 is 5.97 Å². The lowest BCUT2D eigenvalue weighted by Gasteiger charge is -1.97. The molecule has 5 heteroatoms. The molecule has 0 aliphatic rings. The Morgan fingerprint density at radius 2 is 2.58 bits per heavy atom. The molecule has 0 bridgehead atoms. The molecule has 0 atom stereocenters. The first kappa shape index (κ1) is 8.73. The van der Waals surface area contributed by atoms with Gasteiger partial charge in [0.25, 0.3) is 0 Å². The first-order chi connectivity index (χ1) is 5.74. The van der Waals surface area contributed by atoms with Crippen LogP contribution >= 0.6 is 0 Å². The summed E-state index contributed by atoms with van der Waals surface area (Å²) in [7, 11) is 1.59. The second kappa shape index (κ2) is 3.87. The first-order valence-electron chi connectivity index (χ1n) is 3.48. The van der Waals surface area contributed by atoms with Crippen LogP contribution in [-0.4, -0.2) is 34.3 Å². The van der Waals surface area contributed by atoms with Crippen molar-refractivity contribution in [2.24, 2.45) is 0 Å². The Morgan fingerprint density at radius 3 is 3.08 bits per heavy atom. The van der Waals surface area contributed by atoms with Crippen LogP contribution in [0.4, 0.5) is 0 Å². The average molecular weight is 170 g/mol. The van der Waals surface area contributed by atoms with Gasteiger partial charge < -0.3 is 14.4 Å². The summed E-state index contributed by atoms with van der Waals surface area (Å²) in [5.74, 6) is -1.01. The number of rotatable bonds is 4. The Labute approximate surface area is 69.6 Å². The van der Waals surface area contributed by atoms with Gasteiger partial charge in [-0.2, -0.15) is 0 Å². The van der Waals surface area contributed by atoms with Crippen LogP contribution in [0.25, 0.3) is 0 Å². The third-order valence-electron chi connectivity index (χ3n) is 1.41. The van der Waals surface area contributed by atoms with Gasteiger partial charge in [-0.15, -0.1) is 0 Å². The fourth-order valence-corrected chi connectivity index (χ4v) is 0.790. The second-order valence-corrected chi connectivity index (χ2v) is 2.29. The van der Waals surface area contributed by atoms with Crippen LogP contribution in [0.15, 0.2) is 12.5 Å². The van der Waals surface area contributed by atoms with Crippen LogP contribution in [0.1, 0.15) is 10.5 Å². The van der Waals surface area contributed by atoms with E-state index < -0.39 is 5.97 Å². The molecule has 0 saturated carbocycles. The summed E-state index contributed by atoms with van der Waals surface area (Å²) < 4.78 is 6.49. The summed E-state index contributed by atoms with van der Waals surface area (Å²) in [5.41, 5.74) is 0.0612. The van der Waals surface area contributed by atoms with Gasteiger partial charge in [-0.1, -0.05) is 0 Å². The number of carboxylic acid groups (broad SMARTS) is 1. The van der Waals surface area contributed by atoms with Crippen molar-refractivity contribution in [3.63, 3.8) is 0 Å². The number of imidazole rings is 1. The quantitative estimate of drug-likeness (QED) is 0.702. The molecular weight excluding hydrogens is 160 g/mol. The minimum Gasteiger partial charge on any atom is -0.476 e. The molecule has 1 aromatic heterocycles. The summed E-state index contributed by atoms with van der Waals surface area (Å²) in [6.07, 6.45) is 2.95. The van der Waals surface area contributed by atoms with Gasteiger partial charge in [0.15, 0.2) is 5.69 Å². The van der Waals surface area contributed by atoms with E-state index in [4.69, 9.17) is 9.84 Å². The molecule has 0 radical (unpaired) electrons. The molecule has 5 nitrogen and oxygen atoms in total. The highest BCUT2D eigenvalue weighted by Gasteiger charge is 2.05. The maximum absolute atomic E-state index is 10.4. The summed E-state index contributed by atoms with van der Waals surface area (Å²) >= 11 is 0. The Hall–Kier alpha value is -1.36. The zero-order chi connectivity index (χ0) is 8.97. The highest BCUT2D eigenvalue weighted by molar-refractivity contribution is 5.84. The molecule has 1 heterocycles. The second-order valence-electron chi connectivity index (χ2n) is 2.29. The van der Waals surface area contributed by atoms with E-state index in [-0.39, 0.29) is 5.69 Å². The molecule has 0 amide bonds. The molecule has 0 unspecified atom stereocenters. The van der Waals surface area contributed by atoms with Crippen LogP contribution < -0.4 is 0 Å². The number of hydrogen-bond donors (Lipinski definition) is 1. The number of carboxylic acids is 1. The zero-order valence-corrected chi connectivity index (χ0v) is 6.73. The van der Waals surface area contributed by atoms with Gasteiger partial charge in [0.05, 0.1) is 12.9 Å². The Bertz CT molecular complexity index is 269. The topological polar surface area (TPSA) is 64.4 Å². The van der Waals surface area contributed by atoms with E-state index in [1.54, 1.807) is 11.7 Å². The molecule has 12 heavy (non-hydrogen) atoms. The maximum Gasteiger partial charge on any atom is 0.356 e. The van der Waals surface area contributed by atoms with E-state index >= 15 is 0 Å². The van der Waals surface area contributed by atoms with Crippen LogP contribution in [-0.2, 0) is 11.3 Å². The van der Waals surface area contributed by atoms with Crippen molar-refractivity contribution < 1.29 is 14.6 Å². The molecule has 0 saturated heterocycles. The third-order valence-corrected chi connectivity index (χ3v) is 1.41. The number of nitrogens with zero attached hydrogens (tertiary/aromatic N) is 2. The van der Waals surface area contributed by atoms with Gasteiger partial charge >= 0.3 is 5.97 Å². The maximum atomic E-state index is 10.4. The number of ether oxygens (including phenoxy) is 1. The Morgan fingerprint density at radius 1 is 1.83 bits per heavy atom. The molecule has 0 aromatic carbocycles. The molecular formula is C7H10N2O3. The van der Waals surface area contributed by atoms with E-state index in [1.807, 2.05) is 0 Å². The van der Waals surface area contributed by atoms with Gasteiger partial charge in [-0.3, -0.25) is 0 Å². The van der Waals surface area contributed by atoms with Crippen molar-refractivity contribution in [1.82, 2.24) is 9.55 Å². The van der Waals surface area contributed by atoms with Gasteiger partial charge in [-0.25, -0.2) is 9.78 Å². The van der Waals surface area contributed by atoms with Crippen molar-refractivity contribution in [1.29, 1.82) is 0 Å². The van der Waals surface area contributed by atoms with Gasteiger partial charge in [-0.05, 0) is 0 Å². The van der Waals surface area contributed by atoms with Gasteiger partial charge in [0.2, 0.25) is 0 Å². The van der Waals surface area contributed by atoms with Crippen LogP contribution in [0.2, 0.25) is 0 Å². The third kappa shape index (κ3) is 2.06. The highest BCUT2D eigenvalue weighted by Crippen LogP contribution is 1.95. The number of hydrogen-bond acceptors (Lipinski definition) is 3. The molecule has 0 aliphatic heterocycles. The number of methoxy groups -OCH3 is 1. The smallest absolute Gasteiger partial charge is 0.356 e. The van der Waals surface area contributed by atoms with Crippen LogP contribution in [0.3, 0.4) is 0 Å². The van der Waals surface area contributed by atoms with Crippen molar-refractivity contribution in [2.45, 2.75) is 6.54 Å². The van der Waals surface area contributed by atoms with Crippen molar-refractivity contribution in [2.75, 3.05) is 13.7 Å². The SMILES string of the molecule is COCCn1cnc(C(=O)O)c1. The summed E-state index contributed by atoms with van der Waals surface area (Å²) in [4.78, 5) is 14.1. The predicted molar refractivity (Wildman–Crippen MR) is 41.1 cm³/mol. The summed E-state index contributed by atoms with van der Waals surface area (Å²) in [6.45, 7) is 1.17. The van der Waals surface area contributed by atoms with E-state index in [1.165, 1.54) is 12.5 Å². The molecule has 0 spiro atoms. The van der Waals surface area contributed by atoms with Crippen LogP contribution in [0, 0.1) is 0 Å².